The zero-order valence-corrected chi connectivity index (χ0v) is 16.7. The summed E-state index contributed by atoms with van der Waals surface area (Å²) in [4.78, 5) is 30.0. The van der Waals surface area contributed by atoms with E-state index in [9.17, 15) is 9.59 Å². The molecule has 1 amide bonds. The molecular weight excluding hydrogens is 368 g/mol. The lowest BCUT2D eigenvalue weighted by molar-refractivity contribution is 0.0314. The molecule has 1 aromatic heterocycles. The van der Waals surface area contributed by atoms with Crippen molar-refractivity contribution in [2.45, 2.75) is 19.3 Å². The van der Waals surface area contributed by atoms with Gasteiger partial charge in [-0.15, -0.1) is 0 Å². The first-order chi connectivity index (χ1) is 14.2. The van der Waals surface area contributed by atoms with Crippen LogP contribution >= 0.6 is 0 Å². The van der Waals surface area contributed by atoms with Gasteiger partial charge < -0.3 is 14.1 Å². The van der Waals surface area contributed by atoms with Crippen LogP contribution in [0.1, 0.15) is 29.6 Å². The van der Waals surface area contributed by atoms with Gasteiger partial charge in [0.05, 0.1) is 13.2 Å². The van der Waals surface area contributed by atoms with Crippen LogP contribution in [0.15, 0.2) is 51.7 Å². The summed E-state index contributed by atoms with van der Waals surface area (Å²) in [6.07, 6.45) is 7.50. The van der Waals surface area contributed by atoms with E-state index in [1.54, 1.807) is 12.1 Å². The van der Waals surface area contributed by atoms with Crippen molar-refractivity contribution in [2.24, 2.45) is 5.92 Å². The van der Waals surface area contributed by atoms with Gasteiger partial charge in [-0.05, 0) is 37.3 Å². The van der Waals surface area contributed by atoms with Crippen molar-refractivity contribution >= 4 is 16.9 Å². The Morgan fingerprint density at radius 1 is 1.17 bits per heavy atom. The summed E-state index contributed by atoms with van der Waals surface area (Å²) in [5, 5.41) is 0.768. The average molecular weight is 396 g/mol. The maximum atomic E-state index is 13.4. The van der Waals surface area contributed by atoms with Crippen LogP contribution < -0.4 is 5.63 Å². The fraction of sp³-hybridized carbons (Fsp3) is 0.478. The van der Waals surface area contributed by atoms with Crippen molar-refractivity contribution in [2.75, 3.05) is 45.9 Å². The van der Waals surface area contributed by atoms with Gasteiger partial charge in [-0.1, -0.05) is 30.4 Å². The third-order valence-electron chi connectivity index (χ3n) is 5.81. The summed E-state index contributed by atoms with van der Waals surface area (Å²) in [6.45, 7) is 5.28. The standard InChI is InChI=1S/C23H28N2O4/c26-22(20-16-19-8-4-5-9-21(19)29-23(20)27)25(17-18-6-2-1-3-7-18)11-10-24-12-14-28-15-13-24/h1-2,4-5,8-9,16,18H,3,6-7,10-15,17H2/t18-/m1/s1. The molecule has 1 atom stereocenters. The Morgan fingerprint density at radius 3 is 2.79 bits per heavy atom. The number of amides is 1. The minimum atomic E-state index is -0.561. The molecule has 1 aliphatic carbocycles. The van der Waals surface area contributed by atoms with Gasteiger partial charge >= 0.3 is 5.63 Å². The number of hydrogen-bond donors (Lipinski definition) is 0. The van der Waals surface area contributed by atoms with E-state index < -0.39 is 5.63 Å². The molecule has 0 radical (unpaired) electrons. The van der Waals surface area contributed by atoms with E-state index in [0.717, 1.165) is 57.5 Å². The van der Waals surface area contributed by atoms with E-state index in [1.165, 1.54) is 0 Å². The van der Waals surface area contributed by atoms with Gasteiger partial charge in [0.15, 0.2) is 0 Å². The zero-order valence-electron chi connectivity index (χ0n) is 16.7. The molecule has 2 aromatic rings. The molecule has 0 N–H and O–H groups in total. The van der Waals surface area contributed by atoms with Gasteiger partial charge in [0, 0.05) is 38.1 Å². The second-order valence-electron chi connectivity index (χ2n) is 7.84. The van der Waals surface area contributed by atoms with Gasteiger partial charge in [-0.25, -0.2) is 4.79 Å². The maximum Gasteiger partial charge on any atom is 0.349 e. The molecule has 1 aromatic carbocycles. The number of hydrogen-bond acceptors (Lipinski definition) is 5. The molecule has 6 heteroatoms. The summed E-state index contributed by atoms with van der Waals surface area (Å²) in [6, 6.07) is 8.97. The second-order valence-corrected chi connectivity index (χ2v) is 7.84. The number of para-hydroxylation sites is 1. The first kappa shape index (κ1) is 19.9. The van der Waals surface area contributed by atoms with Crippen LogP contribution in [0.3, 0.4) is 0 Å². The topological polar surface area (TPSA) is 63.0 Å². The minimum absolute atomic E-state index is 0.122. The first-order valence-electron chi connectivity index (χ1n) is 10.5. The normalized spacial score (nSPS) is 20.1. The van der Waals surface area contributed by atoms with E-state index in [4.69, 9.17) is 9.15 Å². The van der Waals surface area contributed by atoms with Gasteiger partial charge in [-0.2, -0.15) is 0 Å². The monoisotopic (exact) mass is 396 g/mol. The number of fused-ring (bicyclic) bond motifs is 1. The van der Waals surface area contributed by atoms with Crippen molar-refractivity contribution < 1.29 is 13.9 Å². The van der Waals surface area contributed by atoms with Gasteiger partial charge in [0.25, 0.3) is 5.91 Å². The molecule has 6 nitrogen and oxygen atoms in total. The summed E-state index contributed by atoms with van der Waals surface area (Å²) >= 11 is 0. The number of nitrogens with zero attached hydrogens (tertiary/aromatic N) is 2. The molecule has 2 heterocycles. The van der Waals surface area contributed by atoms with Crippen molar-refractivity contribution in [1.82, 2.24) is 9.80 Å². The summed E-state index contributed by atoms with van der Waals surface area (Å²) in [5.41, 5.74) is 0.0666. The Kier molecular flexibility index (Phi) is 6.42. The Bertz CT molecular complexity index is 930. The van der Waals surface area contributed by atoms with Crippen LogP contribution in [0, 0.1) is 5.92 Å². The van der Waals surface area contributed by atoms with E-state index >= 15 is 0 Å². The van der Waals surface area contributed by atoms with Crippen LogP contribution in [0.4, 0.5) is 0 Å². The molecule has 0 spiro atoms. The van der Waals surface area contributed by atoms with E-state index in [1.807, 2.05) is 23.1 Å². The highest BCUT2D eigenvalue weighted by Gasteiger charge is 2.24. The zero-order chi connectivity index (χ0) is 20.1. The van der Waals surface area contributed by atoms with Gasteiger partial charge in [0.1, 0.15) is 11.1 Å². The molecule has 1 saturated heterocycles. The van der Waals surface area contributed by atoms with Crippen molar-refractivity contribution in [3.05, 3.63) is 58.5 Å². The second kappa shape index (κ2) is 9.37. The number of carbonyl (C=O) groups is 1. The average Bonchev–Trinajstić information content (AvgIpc) is 2.77. The molecule has 2 aliphatic rings. The third kappa shape index (κ3) is 4.95. The smallest absolute Gasteiger partial charge is 0.349 e. The Morgan fingerprint density at radius 2 is 2.00 bits per heavy atom. The van der Waals surface area contributed by atoms with E-state index in [2.05, 4.69) is 17.1 Å². The van der Waals surface area contributed by atoms with Crippen molar-refractivity contribution in [1.29, 1.82) is 0 Å². The number of rotatable bonds is 6. The van der Waals surface area contributed by atoms with E-state index in [-0.39, 0.29) is 11.5 Å². The lowest BCUT2D eigenvalue weighted by Crippen LogP contribution is -2.45. The quantitative estimate of drug-likeness (QED) is 0.555. The number of ether oxygens (including phenoxy) is 1. The highest BCUT2D eigenvalue weighted by molar-refractivity contribution is 5.96. The van der Waals surface area contributed by atoms with Gasteiger partial charge in [0.2, 0.25) is 0 Å². The van der Waals surface area contributed by atoms with Gasteiger partial charge in [-0.3, -0.25) is 9.69 Å². The summed E-state index contributed by atoms with van der Waals surface area (Å²) in [7, 11) is 0. The molecule has 0 bridgehead atoms. The minimum Gasteiger partial charge on any atom is -0.422 e. The maximum absolute atomic E-state index is 13.4. The van der Waals surface area contributed by atoms with Crippen molar-refractivity contribution in [3.63, 3.8) is 0 Å². The molecule has 154 valence electrons. The Balaban J connectivity index is 1.54. The van der Waals surface area contributed by atoms with Crippen LogP contribution in [0.2, 0.25) is 0 Å². The lowest BCUT2D eigenvalue weighted by atomic mass is 9.93. The number of allylic oxidation sites excluding steroid dienone is 2. The molecular formula is C23H28N2O4. The van der Waals surface area contributed by atoms with Crippen LogP contribution in [0.25, 0.3) is 11.0 Å². The summed E-state index contributed by atoms with van der Waals surface area (Å²) in [5.74, 6) is 0.202. The molecule has 4 rings (SSSR count). The molecule has 1 fully saturated rings. The Hall–Kier alpha value is -2.44. The number of benzene rings is 1. The fourth-order valence-corrected chi connectivity index (χ4v) is 4.08. The van der Waals surface area contributed by atoms with Crippen LogP contribution in [-0.2, 0) is 4.74 Å². The third-order valence-corrected chi connectivity index (χ3v) is 5.81. The highest BCUT2D eigenvalue weighted by Crippen LogP contribution is 2.21. The van der Waals surface area contributed by atoms with Crippen molar-refractivity contribution in [3.8, 4) is 0 Å². The van der Waals surface area contributed by atoms with Crippen LogP contribution in [-0.4, -0.2) is 61.6 Å². The first-order valence-corrected chi connectivity index (χ1v) is 10.5. The predicted molar refractivity (Wildman–Crippen MR) is 112 cm³/mol. The lowest BCUT2D eigenvalue weighted by Gasteiger charge is -2.32. The largest absolute Gasteiger partial charge is 0.422 e. The van der Waals surface area contributed by atoms with E-state index in [0.29, 0.717) is 24.6 Å². The highest BCUT2D eigenvalue weighted by atomic mass is 16.5. The molecule has 1 aliphatic heterocycles. The number of morpholine rings is 1. The van der Waals surface area contributed by atoms with Crippen LogP contribution in [0.5, 0.6) is 0 Å². The summed E-state index contributed by atoms with van der Waals surface area (Å²) < 4.78 is 10.8. The molecule has 0 saturated carbocycles. The predicted octanol–water partition coefficient (Wildman–Crippen LogP) is 2.92. The SMILES string of the molecule is O=C(c1cc2ccccc2oc1=O)N(CCN1CCOCC1)C[C@@H]1CC=CCC1. The fourth-order valence-electron chi connectivity index (χ4n) is 4.08. The molecule has 29 heavy (non-hydrogen) atoms. The number of carbonyl (C=O) groups excluding carboxylic acids is 1. The Labute approximate surface area is 170 Å². The molecule has 0 unspecified atom stereocenters.